The number of ether oxygens (including phenoxy) is 2. The van der Waals surface area contributed by atoms with E-state index in [-0.39, 0.29) is 24.2 Å². The van der Waals surface area contributed by atoms with E-state index in [0.717, 1.165) is 23.2 Å². The number of hydrogen-bond acceptors (Lipinski definition) is 7. The van der Waals surface area contributed by atoms with Crippen molar-refractivity contribution < 1.29 is 18.7 Å². The molecule has 0 spiro atoms. The van der Waals surface area contributed by atoms with Crippen LogP contribution in [0.15, 0.2) is 48.5 Å². The third-order valence-electron chi connectivity index (χ3n) is 4.95. The van der Waals surface area contributed by atoms with Gasteiger partial charge in [0.1, 0.15) is 17.3 Å². The predicted octanol–water partition coefficient (Wildman–Crippen LogP) is 3.08. The molecule has 0 aliphatic carbocycles. The lowest BCUT2D eigenvalue weighted by Crippen LogP contribution is -2.50. The first kappa shape index (κ1) is 20.1. The van der Waals surface area contributed by atoms with Crippen molar-refractivity contribution >= 4 is 23.3 Å². The van der Waals surface area contributed by atoms with Crippen LogP contribution in [0, 0.1) is 5.82 Å². The molecule has 1 saturated heterocycles. The van der Waals surface area contributed by atoms with Crippen molar-refractivity contribution in [3.63, 3.8) is 0 Å². The maximum atomic E-state index is 13.5. The number of halogens is 1. The van der Waals surface area contributed by atoms with E-state index in [1.165, 1.54) is 12.1 Å². The highest BCUT2D eigenvalue weighted by molar-refractivity contribution is 6.99. The average molecular weight is 428 g/mol. The van der Waals surface area contributed by atoms with Crippen LogP contribution in [0.25, 0.3) is 11.3 Å². The molecule has 0 atom stereocenters. The van der Waals surface area contributed by atoms with Gasteiger partial charge in [-0.2, -0.15) is 4.37 Å². The van der Waals surface area contributed by atoms with Crippen LogP contribution in [-0.2, 0) is 4.79 Å². The van der Waals surface area contributed by atoms with E-state index in [4.69, 9.17) is 9.47 Å². The molecular formula is C21H21FN4O3S. The number of amides is 1. The van der Waals surface area contributed by atoms with Gasteiger partial charge in [-0.1, -0.05) is 24.3 Å². The summed E-state index contributed by atoms with van der Waals surface area (Å²) in [6, 6.07) is 13.9. The molecule has 2 aromatic carbocycles. The summed E-state index contributed by atoms with van der Waals surface area (Å²) in [7, 11) is 1.65. The number of para-hydroxylation sites is 2. The molecule has 2 heterocycles. The summed E-state index contributed by atoms with van der Waals surface area (Å²) in [6.07, 6.45) is 0. The van der Waals surface area contributed by atoms with E-state index < -0.39 is 0 Å². The Bertz CT molecular complexity index is 1020. The van der Waals surface area contributed by atoms with E-state index in [1.54, 1.807) is 24.1 Å². The molecule has 0 radical (unpaired) electrons. The van der Waals surface area contributed by atoms with Gasteiger partial charge >= 0.3 is 0 Å². The summed E-state index contributed by atoms with van der Waals surface area (Å²) >= 11 is 0.965. The summed E-state index contributed by atoms with van der Waals surface area (Å²) in [5.41, 5.74) is 2.03. The molecule has 1 amide bonds. The minimum absolute atomic E-state index is 0.118. The smallest absolute Gasteiger partial charge is 0.260 e. The fourth-order valence-electron chi connectivity index (χ4n) is 3.40. The first-order valence-corrected chi connectivity index (χ1v) is 10.3. The van der Waals surface area contributed by atoms with Crippen LogP contribution in [0.1, 0.15) is 0 Å². The molecule has 1 aromatic heterocycles. The van der Waals surface area contributed by atoms with Crippen LogP contribution >= 0.6 is 11.7 Å². The van der Waals surface area contributed by atoms with E-state index in [1.807, 2.05) is 24.3 Å². The second-order valence-corrected chi connectivity index (χ2v) is 7.29. The zero-order valence-corrected chi connectivity index (χ0v) is 17.3. The number of piperazine rings is 1. The zero-order chi connectivity index (χ0) is 20.9. The predicted molar refractivity (Wildman–Crippen MR) is 113 cm³/mol. The largest absolute Gasteiger partial charge is 0.495 e. The summed E-state index contributed by atoms with van der Waals surface area (Å²) in [5.74, 6) is 0.580. The minimum atomic E-state index is -0.365. The Morgan fingerprint density at radius 2 is 1.90 bits per heavy atom. The number of methoxy groups -OCH3 is 1. The second-order valence-electron chi connectivity index (χ2n) is 6.76. The number of anilines is 1. The monoisotopic (exact) mass is 428 g/mol. The Morgan fingerprint density at radius 1 is 1.10 bits per heavy atom. The van der Waals surface area contributed by atoms with Gasteiger partial charge in [-0.15, -0.1) is 4.37 Å². The highest BCUT2D eigenvalue weighted by Gasteiger charge is 2.24. The molecule has 7 nitrogen and oxygen atoms in total. The van der Waals surface area contributed by atoms with Crippen molar-refractivity contribution in [3.05, 3.63) is 54.3 Å². The van der Waals surface area contributed by atoms with Crippen LogP contribution in [0.3, 0.4) is 0 Å². The van der Waals surface area contributed by atoms with Crippen LogP contribution in [-0.4, -0.2) is 59.4 Å². The molecule has 1 aliphatic heterocycles. The lowest BCUT2D eigenvalue weighted by Gasteiger charge is -2.36. The number of benzene rings is 2. The first-order chi connectivity index (χ1) is 14.7. The Labute approximate surface area is 178 Å². The van der Waals surface area contributed by atoms with E-state index in [0.29, 0.717) is 37.4 Å². The minimum Gasteiger partial charge on any atom is -0.495 e. The number of nitrogens with zero attached hydrogens (tertiary/aromatic N) is 4. The fraction of sp³-hybridized carbons (Fsp3) is 0.286. The quantitative estimate of drug-likeness (QED) is 0.601. The molecule has 1 fully saturated rings. The van der Waals surface area contributed by atoms with Crippen LogP contribution in [0.5, 0.6) is 11.6 Å². The Hall–Kier alpha value is -3.20. The summed E-state index contributed by atoms with van der Waals surface area (Å²) in [5, 5.41) is 0. The van der Waals surface area contributed by atoms with Gasteiger partial charge in [0.25, 0.3) is 11.8 Å². The van der Waals surface area contributed by atoms with E-state index in [2.05, 4.69) is 13.6 Å². The van der Waals surface area contributed by atoms with Gasteiger partial charge < -0.3 is 19.3 Å². The third-order valence-corrected chi connectivity index (χ3v) is 5.46. The number of aromatic nitrogens is 2. The molecule has 4 rings (SSSR count). The van der Waals surface area contributed by atoms with Crippen molar-refractivity contribution in [1.82, 2.24) is 13.6 Å². The standard InChI is InChI=1S/C21H21FN4O3S/c1-28-18-8-3-2-7-17(18)25-9-11-26(12-10-25)19(27)14-29-21-20(23-30-24-21)15-5-4-6-16(22)13-15/h2-8,13H,9-12,14H2,1H3. The molecular weight excluding hydrogens is 407 g/mol. The maximum absolute atomic E-state index is 13.5. The summed E-state index contributed by atoms with van der Waals surface area (Å²) in [6.45, 7) is 2.46. The summed E-state index contributed by atoms with van der Waals surface area (Å²) in [4.78, 5) is 16.6. The third kappa shape index (κ3) is 4.35. The lowest BCUT2D eigenvalue weighted by molar-refractivity contribution is -0.133. The van der Waals surface area contributed by atoms with Gasteiger partial charge in [0.15, 0.2) is 6.61 Å². The molecule has 0 unspecified atom stereocenters. The topological polar surface area (TPSA) is 67.8 Å². The number of carbonyl (C=O) groups is 1. The van der Waals surface area contributed by atoms with Gasteiger partial charge in [0.2, 0.25) is 0 Å². The van der Waals surface area contributed by atoms with Gasteiger partial charge in [-0.3, -0.25) is 4.79 Å². The van der Waals surface area contributed by atoms with Crippen molar-refractivity contribution in [2.45, 2.75) is 0 Å². The highest BCUT2D eigenvalue weighted by Crippen LogP contribution is 2.29. The number of rotatable bonds is 6. The summed E-state index contributed by atoms with van der Waals surface area (Å²) < 4.78 is 32.8. The van der Waals surface area contributed by atoms with Crippen molar-refractivity contribution in [2.75, 3.05) is 44.8 Å². The molecule has 9 heteroatoms. The van der Waals surface area contributed by atoms with Gasteiger partial charge in [-0.25, -0.2) is 4.39 Å². The molecule has 0 bridgehead atoms. The molecule has 0 N–H and O–H groups in total. The van der Waals surface area contributed by atoms with Crippen molar-refractivity contribution in [1.29, 1.82) is 0 Å². The maximum Gasteiger partial charge on any atom is 0.260 e. The first-order valence-electron chi connectivity index (χ1n) is 9.53. The normalized spacial score (nSPS) is 13.9. The fourth-order valence-corrected chi connectivity index (χ4v) is 3.92. The highest BCUT2D eigenvalue weighted by atomic mass is 32.1. The molecule has 1 aliphatic rings. The van der Waals surface area contributed by atoms with Crippen molar-refractivity contribution in [2.24, 2.45) is 0 Å². The Balaban J connectivity index is 1.34. The van der Waals surface area contributed by atoms with Gasteiger partial charge in [-0.05, 0) is 24.3 Å². The van der Waals surface area contributed by atoms with Gasteiger partial charge in [0.05, 0.1) is 24.5 Å². The Morgan fingerprint density at radius 3 is 2.67 bits per heavy atom. The number of hydrogen-bond donors (Lipinski definition) is 0. The van der Waals surface area contributed by atoms with Gasteiger partial charge in [0, 0.05) is 31.7 Å². The number of carbonyl (C=O) groups excluding carboxylic acids is 1. The van der Waals surface area contributed by atoms with Crippen molar-refractivity contribution in [3.8, 4) is 22.9 Å². The van der Waals surface area contributed by atoms with Crippen LogP contribution in [0.4, 0.5) is 10.1 Å². The SMILES string of the molecule is COc1ccccc1N1CCN(C(=O)COc2nsnc2-c2cccc(F)c2)CC1. The van der Waals surface area contributed by atoms with E-state index >= 15 is 0 Å². The van der Waals surface area contributed by atoms with Crippen LogP contribution < -0.4 is 14.4 Å². The Kier molecular flexibility index (Phi) is 6.08. The molecule has 0 saturated carbocycles. The molecule has 30 heavy (non-hydrogen) atoms. The average Bonchev–Trinajstić information content (AvgIpc) is 3.26. The van der Waals surface area contributed by atoms with Crippen LogP contribution in [0.2, 0.25) is 0 Å². The second kappa shape index (κ2) is 9.08. The molecule has 156 valence electrons. The molecule has 3 aromatic rings. The zero-order valence-electron chi connectivity index (χ0n) is 16.5. The lowest BCUT2D eigenvalue weighted by atomic mass is 10.1. The van der Waals surface area contributed by atoms with E-state index in [9.17, 15) is 9.18 Å².